The number of nitrogens with zero attached hydrogens (tertiary/aromatic N) is 1. The molecule has 0 N–H and O–H groups in total. The molecule has 0 saturated carbocycles. The number of fused-ring (bicyclic) bond motifs is 1. The van der Waals surface area contributed by atoms with Gasteiger partial charge in [0.25, 0.3) is 0 Å². The highest BCUT2D eigenvalue weighted by atomic mass is 127. The fourth-order valence-corrected chi connectivity index (χ4v) is 4.71. The van der Waals surface area contributed by atoms with Crippen LogP contribution in [0, 0.1) is 7.14 Å². The van der Waals surface area contributed by atoms with Crippen molar-refractivity contribution in [2.75, 3.05) is 7.05 Å². The first-order valence-electron chi connectivity index (χ1n) is 4.93. The Bertz CT molecular complexity index is 475. The van der Waals surface area contributed by atoms with Crippen LogP contribution in [0.5, 0.6) is 0 Å². The first-order chi connectivity index (χ1) is 6.85. The van der Waals surface area contributed by atoms with E-state index in [9.17, 15) is 0 Å². The Morgan fingerprint density at radius 3 is 2.31 bits per heavy atom. The molecule has 1 heterocycles. The molecule has 1 nitrogen and oxygen atoms in total. The molecule has 0 unspecified atom stereocenters. The van der Waals surface area contributed by atoms with Gasteiger partial charge in [0.15, 0.2) is 5.71 Å². The van der Waals surface area contributed by atoms with Crippen LogP contribution in [-0.4, -0.2) is 17.3 Å². The lowest BCUT2D eigenvalue weighted by Gasteiger charge is -2.16. The molecular formula is C12H14I3N. The minimum Gasteiger partial charge on any atom is -1.00 e. The van der Waals surface area contributed by atoms with Crippen molar-refractivity contribution in [3.8, 4) is 0 Å². The summed E-state index contributed by atoms with van der Waals surface area (Å²) in [5.41, 5.74) is 4.44. The Balaban J connectivity index is 0.00000128. The van der Waals surface area contributed by atoms with Crippen LogP contribution < -0.4 is 24.0 Å². The average molecular weight is 553 g/mol. The van der Waals surface area contributed by atoms with Crippen LogP contribution in [0.1, 0.15) is 26.3 Å². The molecule has 1 aliphatic heterocycles. The van der Waals surface area contributed by atoms with Crippen molar-refractivity contribution in [1.82, 2.24) is 0 Å². The molecule has 1 aromatic carbocycles. The highest BCUT2D eigenvalue weighted by molar-refractivity contribution is 14.1. The summed E-state index contributed by atoms with van der Waals surface area (Å²) in [6.07, 6.45) is 0. The van der Waals surface area contributed by atoms with E-state index in [0.717, 1.165) is 0 Å². The van der Waals surface area contributed by atoms with Gasteiger partial charge in [0.1, 0.15) is 7.05 Å². The van der Waals surface area contributed by atoms with Gasteiger partial charge in [-0.25, -0.2) is 4.58 Å². The number of halogens is 3. The van der Waals surface area contributed by atoms with Crippen LogP contribution >= 0.6 is 45.2 Å². The van der Waals surface area contributed by atoms with E-state index < -0.39 is 0 Å². The van der Waals surface area contributed by atoms with Gasteiger partial charge in [0, 0.05) is 20.1 Å². The molecule has 1 aromatic rings. The molecule has 0 bridgehead atoms. The highest BCUT2D eigenvalue weighted by Gasteiger charge is 2.43. The van der Waals surface area contributed by atoms with E-state index in [4.69, 9.17) is 0 Å². The minimum atomic E-state index is 0. The normalized spacial score (nSPS) is 17.1. The smallest absolute Gasteiger partial charge is 0.211 e. The second-order valence-corrected chi connectivity index (χ2v) is 6.96. The lowest BCUT2D eigenvalue weighted by Crippen LogP contribution is -3.00. The van der Waals surface area contributed by atoms with Crippen molar-refractivity contribution in [1.29, 1.82) is 0 Å². The van der Waals surface area contributed by atoms with Gasteiger partial charge in [-0.05, 0) is 65.1 Å². The maximum Gasteiger partial charge on any atom is 0.211 e. The van der Waals surface area contributed by atoms with Crippen LogP contribution in [-0.2, 0) is 5.41 Å². The summed E-state index contributed by atoms with van der Waals surface area (Å²) in [5, 5.41) is 0. The monoisotopic (exact) mass is 553 g/mol. The van der Waals surface area contributed by atoms with Crippen LogP contribution in [0.3, 0.4) is 0 Å². The largest absolute Gasteiger partial charge is 1.00 e. The van der Waals surface area contributed by atoms with E-state index in [-0.39, 0.29) is 29.4 Å². The molecule has 88 valence electrons. The zero-order valence-corrected chi connectivity index (χ0v) is 16.2. The molecular weight excluding hydrogens is 539 g/mol. The molecule has 2 rings (SSSR count). The molecule has 0 aliphatic carbocycles. The number of rotatable bonds is 0. The third-order valence-electron chi connectivity index (χ3n) is 3.43. The molecule has 0 fully saturated rings. The number of benzene rings is 1. The zero-order chi connectivity index (χ0) is 11.4. The molecule has 0 atom stereocenters. The lowest BCUT2D eigenvalue weighted by atomic mass is 9.82. The summed E-state index contributed by atoms with van der Waals surface area (Å²) in [6.45, 7) is 6.84. The quantitative estimate of drug-likeness (QED) is 0.333. The van der Waals surface area contributed by atoms with Gasteiger partial charge in [0.2, 0.25) is 5.69 Å². The van der Waals surface area contributed by atoms with Crippen molar-refractivity contribution in [3.63, 3.8) is 0 Å². The Hall–Kier alpha value is 1.08. The molecule has 4 heteroatoms. The maximum absolute atomic E-state index is 2.45. The fraction of sp³-hybridized carbons (Fsp3) is 0.417. The maximum atomic E-state index is 2.45. The van der Waals surface area contributed by atoms with Crippen molar-refractivity contribution >= 4 is 56.6 Å². The molecule has 0 aromatic heterocycles. The predicted octanol–water partition coefficient (Wildman–Crippen LogP) is 0.926. The summed E-state index contributed by atoms with van der Waals surface area (Å²) >= 11 is 4.84. The predicted molar refractivity (Wildman–Crippen MR) is 81.4 cm³/mol. The van der Waals surface area contributed by atoms with Crippen molar-refractivity contribution < 1.29 is 28.6 Å². The minimum absolute atomic E-state index is 0. The van der Waals surface area contributed by atoms with E-state index in [2.05, 4.69) is 89.7 Å². The van der Waals surface area contributed by atoms with Crippen LogP contribution in [0.2, 0.25) is 0 Å². The van der Waals surface area contributed by atoms with E-state index in [1.165, 1.54) is 24.1 Å². The van der Waals surface area contributed by atoms with Gasteiger partial charge in [-0.1, -0.05) is 0 Å². The zero-order valence-electron chi connectivity index (χ0n) is 9.74. The van der Waals surface area contributed by atoms with Gasteiger partial charge in [-0.2, -0.15) is 0 Å². The van der Waals surface area contributed by atoms with Gasteiger partial charge < -0.3 is 24.0 Å². The SMILES string of the molecule is CC1=[N+](C)c2cc(I)cc(I)c2C1(C)C.[I-]. The van der Waals surface area contributed by atoms with E-state index in [1.807, 2.05) is 0 Å². The Labute approximate surface area is 141 Å². The molecule has 0 radical (unpaired) electrons. The van der Waals surface area contributed by atoms with E-state index >= 15 is 0 Å². The first-order valence-corrected chi connectivity index (χ1v) is 7.08. The molecule has 16 heavy (non-hydrogen) atoms. The highest BCUT2D eigenvalue weighted by Crippen LogP contribution is 2.42. The van der Waals surface area contributed by atoms with Crippen molar-refractivity contribution in [3.05, 3.63) is 24.8 Å². The summed E-state index contributed by atoms with van der Waals surface area (Å²) in [7, 11) is 2.16. The number of hydrogen-bond donors (Lipinski definition) is 0. The van der Waals surface area contributed by atoms with E-state index in [0.29, 0.717) is 0 Å². The van der Waals surface area contributed by atoms with Gasteiger partial charge in [-0.15, -0.1) is 0 Å². The average Bonchev–Trinajstić information content (AvgIpc) is 2.27. The molecule has 0 saturated heterocycles. The summed E-state index contributed by atoms with van der Waals surface area (Å²) in [4.78, 5) is 0. The number of hydrogen-bond acceptors (Lipinski definition) is 0. The van der Waals surface area contributed by atoms with Crippen molar-refractivity contribution in [2.24, 2.45) is 0 Å². The van der Waals surface area contributed by atoms with Crippen LogP contribution in [0.4, 0.5) is 5.69 Å². The Morgan fingerprint density at radius 1 is 1.19 bits per heavy atom. The first kappa shape index (κ1) is 15.1. The third kappa shape index (κ3) is 2.17. The van der Waals surface area contributed by atoms with Crippen LogP contribution in [0.15, 0.2) is 12.1 Å². The van der Waals surface area contributed by atoms with Gasteiger partial charge in [-0.3, -0.25) is 0 Å². The molecule has 0 spiro atoms. The van der Waals surface area contributed by atoms with Gasteiger partial charge >= 0.3 is 0 Å². The third-order valence-corrected chi connectivity index (χ3v) is 4.90. The second kappa shape index (κ2) is 4.99. The summed E-state index contributed by atoms with van der Waals surface area (Å²) in [5.74, 6) is 0. The molecule has 0 amide bonds. The topological polar surface area (TPSA) is 3.01 Å². The Kier molecular flexibility index (Phi) is 4.72. The van der Waals surface area contributed by atoms with E-state index in [1.54, 1.807) is 0 Å². The second-order valence-electron chi connectivity index (χ2n) is 4.55. The standard InChI is InChI=1S/C12H14I2N.HI/c1-7-12(2,3)11-9(14)5-8(13)6-10(11)15(7)4;/h5-6H,1-4H3;1H/q+1;/p-1. The van der Waals surface area contributed by atoms with Crippen molar-refractivity contribution in [2.45, 2.75) is 26.2 Å². The van der Waals surface area contributed by atoms with Gasteiger partial charge in [0.05, 0.1) is 11.0 Å². The summed E-state index contributed by atoms with van der Waals surface area (Å²) in [6, 6.07) is 4.53. The summed E-state index contributed by atoms with van der Waals surface area (Å²) < 4.78 is 5.01. The fourth-order valence-electron chi connectivity index (χ4n) is 2.22. The lowest BCUT2D eigenvalue weighted by molar-refractivity contribution is -0.403. The van der Waals surface area contributed by atoms with Crippen LogP contribution in [0.25, 0.3) is 0 Å². The Morgan fingerprint density at radius 2 is 1.75 bits per heavy atom. The molecule has 1 aliphatic rings.